The number of aliphatic imine (C=N–C) groups is 1. The lowest BCUT2D eigenvalue weighted by atomic mass is 9.68. The highest BCUT2D eigenvalue weighted by Crippen LogP contribution is 2.50. The highest BCUT2D eigenvalue weighted by molar-refractivity contribution is 6.36. The minimum absolute atomic E-state index is 0.00102. The summed E-state index contributed by atoms with van der Waals surface area (Å²) in [6.07, 6.45) is 1.13. The average molecular weight is 552 g/mol. The standard InChI is InChI=1S/C26H26FN7O6/c1-13-10-15(4-5-16(13)27)11-29-19(36)17-18(35)22(39)34-12-25(24-33-32-14(2)40-24)6-8-26(9-7-25,23(34)30-17)31-21(38)20(37)28-3/h4-5,10,35H,3,6-9,11-12H2,1-2H3,(H,29,36)(H,31,38). The van der Waals surface area contributed by atoms with Crippen LogP contribution >= 0.6 is 0 Å². The zero-order chi connectivity index (χ0) is 28.8. The van der Waals surface area contributed by atoms with Crippen LogP contribution in [0.5, 0.6) is 5.75 Å². The molecule has 3 aromatic rings. The van der Waals surface area contributed by atoms with E-state index >= 15 is 0 Å². The van der Waals surface area contributed by atoms with Gasteiger partial charge in [-0.05, 0) is 56.5 Å². The number of rotatable bonds is 5. The van der Waals surface area contributed by atoms with Crippen molar-refractivity contribution in [1.29, 1.82) is 0 Å². The van der Waals surface area contributed by atoms with Crippen LogP contribution in [0.2, 0.25) is 0 Å². The topological polar surface area (TPSA) is 182 Å². The number of benzene rings is 1. The zero-order valence-electron chi connectivity index (χ0n) is 21.8. The van der Waals surface area contributed by atoms with Gasteiger partial charge in [0.15, 0.2) is 5.69 Å². The summed E-state index contributed by atoms with van der Waals surface area (Å²) in [7, 11) is 0. The molecule has 14 heteroatoms. The molecule has 3 aliphatic rings. The van der Waals surface area contributed by atoms with E-state index in [2.05, 4.69) is 37.5 Å². The fourth-order valence-corrected chi connectivity index (χ4v) is 5.45. The van der Waals surface area contributed by atoms with Crippen LogP contribution in [0.4, 0.5) is 4.39 Å². The Labute approximate surface area is 226 Å². The number of fused-ring (bicyclic) bond motifs is 2. The third-order valence-corrected chi connectivity index (χ3v) is 7.66. The van der Waals surface area contributed by atoms with Gasteiger partial charge in [0.25, 0.3) is 11.5 Å². The van der Waals surface area contributed by atoms with E-state index in [0.717, 1.165) is 0 Å². The van der Waals surface area contributed by atoms with Crippen LogP contribution in [0.3, 0.4) is 0 Å². The second kappa shape index (κ2) is 9.77. The molecule has 40 heavy (non-hydrogen) atoms. The molecule has 1 aliphatic carbocycles. The lowest BCUT2D eigenvalue weighted by Crippen LogP contribution is -2.52. The Hall–Kier alpha value is -4.75. The monoisotopic (exact) mass is 551 g/mol. The van der Waals surface area contributed by atoms with Crippen molar-refractivity contribution in [1.82, 2.24) is 30.4 Å². The van der Waals surface area contributed by atoms with E-state index in [4.69, 9.17) is 4.42 Å². The number of aromatic hydroxyl groups is 1. The van der Waals surface area contributed by atoms with Crippen molar-refractivity contribution in [3.8, 4) is 5.75 Å². The van der Waals surface area contributed by atoms with Crippen molar-refractivity contribution in [2.45, 2.75) is 63.6 Å². The van der Waals surface area contributed by atoms with E-state index in [1.54, 1.807) is 19.9 Å². The van der Waals surface area contributed by atoms with Crippen molar-refractivity contribution < 1.29 is 28.3 Å². The second-order valence-corrected chi connectivity index (χ2v) is 10.2. The molecule has 1 aromatic carbocycles. The van der Waals surface area contributed by atoms with Gasteiger partial charge in [0.05, 0.1) is 11.0 Å². The first kappa shape index (κ1) is 26.8. The molecule has 2 aromatic heterocycles. The molecule has 208 valence electrons. The number of nitrogens with one attached hydrogen (secondary N) is 2. The molecule has 13 nitrogen and oxygen atoms in total. The summed E-state index contributed by atoms with van der Waals surface area (Å²) < 4.78 is 20.5. The number of hydrogen-bond donors (Lipinski definition) is 3. The van der Waals surface area contributed by atoms with Gasteiger partial charge in [-0.25, -0.2) is 14.4 Å². The quantitative estimate of drug-likeness (QED) is 0.309. The van der Waals surface area contributed by atoms with E-state index in [-0.39, 0.29) is 31.8 Å². The lowest BCUT2D eigenvalue weighted by molar-refractivity contribution is -0.138. The number of carbonyl (C=O) groups is 3. The number of hydrogen-bond acceptors (Lipinski definition) is 9. The maximum atomic E-state index is 13.6. The van der Waals surface area contributed by atoms with Crippen molar-refractivity contribution in [3.63, 3.8) is 0 Å². The summed E-state index contributed by atoms with van der Waals surface area (Å²) in [4.78, 5) is 58.9. The van der Waals surface area contributed by atoms with Gasteiger partial charge in [-0.2, -0.15) is 0 Å². The number of aryl methyl sites for hydroxylation is 2. The van der Waals surface area contributed by atoms with Crippen LogP contribution < -0.4 is 16.2 Å². The molecule has 1 saturated carbocycles. The number of nitrogens with zero attached hydrogens (tertiary/aromatic N) is 5. The Morgan fingerprint density at radius 3 is 2.55 bits per heavy atom. The van der Waals surface area contributed by atoms with E-state index < -0.39 is 51.5 Å². The predicted octanol–water partition coefficient (Wildman–Crippen LogP) is 1.08. The zero-order valence-corrected chi connectivity index (χ0v) is 21.8. The molecular formula is C26H26FN7O6. The van der Waals surface area contributed by atoms with Gasteiger partial charge in [-0.3, -0.25) is 23.7 Å². The van der Waals surface area contributed by atoms with Crippen molar-refractivity contribution >= 4 is 24.4 Å². The highest BCUT2D eigenvalue weighted by Gasteiger charge is 2.54. The summed E-state index contributed by atoms with van der Waals surface area (Å²) in [5.74, 6) is -3.69. The summed E-state index contributed by atoms with van der Waals surface area (Å²) >= 11 is 0. The Morgan fingerprint density at radius 1 is 1.20 bits per heavy atom. The summed E-state index contributed by atoms with van der Waals surface area (Å²) in [5.41, 5.74) is -2.65. The molecule has 2 aliphatic heterocycles. The average Bonchev–Trinajstić information content (AvgIpc) is 3.28. The van der Waals surface area contributed by atoms with E-state index in [0.29, 0.717) is 35.7 Å². The second-order valence-electron chi connectivity index (χ2n) is 10.2. The molecule has 2 bridgehead atoms. The van der Waals surface area contributed by atoms with Crippen molar-refractivity contribution in [3.05, 3.63) is 68.8 Å². The highest BCUT2D eigenvalue weighted by atomic mass is 19.1. The molecule has 0 unspecified atom stereocenters. The molecule has 6 rings (SSSR count). The minimum atomic E-state index is -1.34. The lowest BCUT2D eigenvalue weighted by Gasteiger charge is -2.40. The number of amides is 3. The molecule has 3 amide bonds. The molecule has 3 N–H and O–H groups in total. The van der Waals surface area contributed by atoms with Gasteiger partial charge in [0.1, 0.15) is 11.6 Å². The van der Waals surface area contributed by atoms with Crippen molar-refractivity contribution in [2.75, 3.05) is 0 Å². The minimum Gasteiger partial charge on any atom is -0.501 e. The largest absolute Gasteiger partial charge is 0.501 e. The van der Waals surface area contributed by atoms with Gasteiger partial charge in [0.2, 0.25) is 17.5 Å². The summed E-state index contributed by atoms with van der Waals surface area (Å²) in [5, 5.41) is 24.1. The molecule has 0 spiro atoms. The fraction of sp³-hybridized carbons (Fsp3) is 0.385. The van der Waals surface area contributed by atoms with Crippen LogP contribution in [-0.4, -0.2) is 49.3 Å². The van der Waals surface area contributed by atoms with Gasteiger partial charge in [0, 0.05) is 20.0 Å². The molecule has 0 radical (unpaired) electrons. The van der Waals surface area contributed by atoms with Crippen molar-refractivity contribution in [2.24, 2.45) is 4.99 Å². The van der Waals surface area contributed by atoms with Gasteiger partial charge >= 0.3 is 11.8 Å². The maximum Gasteiger partial charge on any atom is 0.334 e. The number of carbonyl (C=O) groups excluding carboxylic acids is 3. The predicted molar refractivity (Wildman–Crippen MR) is 136 cm³/mol. The van der Waals surface area contributed by atoms with E-state index in [9.17, 15) is 28.7 Å². The Kier molecular flexibility index (Phi) is 6.56. The Morgan fingerprint density at radius 2 is 1.93 bits per heavy atom. The SMILES string of the molecule is C=NC(=O)C(=O)NC12CCC(c3nnc(C)o3)(CC1)Cn1c2nc(C(=O)NCc2ccc(F)c(C)c2)c(O)c1=O. The van der Waals surface area contributed by atoms with E-state index in [1.165, 1.54) is 16.7 Å². The summed E-state index contributed by atoms with van der Waals surface area (Å²) in [6, 6.07) is 4.32. The molecule has 0 atom stereocenters. The van der Waals surface area contributed by atoms with Gasteiger partial charge < -0.3 is 20.2 Å². The van der Waals surface area contributed by atoms with Crippen LogP contribution in [0.1, 0.15) is 64.9 Å². The molecule has 0 saturated heterocycles. The molecular weight excluding hydrogens is 525 g/mol. The Bertz CT molecular complexity index is 1620. The normalized spacial score (nSPS) is 21.3. The van der Waals surface area contributed by atoms with Gasteiger partial charge in [-0.15, -0.1) is 10.2 Å². The summed E-state index contributed by atoms with van der Waals surface area (Å²) in [6.45, 7) is 6.27. The number of aromatic nitrogens is 4. The molecule has 4 heterocycles. The third-order valence-electron chi connectivity index (χ3n) is 7.66. The Balaban J connectivity index is 1.58. The van der Waals surface area contributed by atoms with Crippen LogP contribution in [0.25, 0.3) is 0 Å². The van der Waals surface area contributed by atoms with E-state index in [1.807, 2.05) is 0 Å². The maximum absolute atomic E-state index is 13.6. The molecule has 1 fully saturated rings. The van der Waals surface area contributed by atoms with Gasteiger partial charge in [-0.1, -0.05) is 12.1 Å². The number of halogens is 1. The first-order valence-corrected chi connectivity index (χ1v) is 12.5. The first-order valence-electron chi connectivity index (χ1n) is 12.5. The first-order chi connectivity index (χ1) is 19.0. The van der Waals surface area contributed by atoms with Crippen LogP contribution in [0.15, 0.2) is 32.4 Å². The third kappa shape index (κ3) is 4.44. The van der Waals surface area contributed by atoms with Crippen LogP contribution in [0, 0.1) is 19.7 Å². The fourth-order valence-electron chi connectivity index (χ4n) is 5.45. The smallest absolute Gasteiger partial charge is 0.334 e. The van der Waals surface area contributed by atoms with Crippen LogP contribution in [-0.2, 0) is 33.6 Å².